The molecular formula is C32H35FO5. The number of aliphatic carboxylic acids is 1. The molecule has 2 N–H and O–H groups in total. The Morgan fingerprint density at radius 3 is 2.55 bits per heavy atom. The Hall–Kier alpha value is -3.64. The van der Waals surface area contributed by atoms with Crippen LogP contribution in [0.3, 0.4) is 0 Å². The van der Waals surface area contributed by atoms with Crippen molar-refractivity contribution in [3.63, 3.8) is 0 Å². The molecule has 0 fully saturated rings. The number of aliphatic hydroxyl groups excluding tert-OH is 1. The normalized spacial score (nSPS) is 16.4. The number of halogens is 1. The minimum Gasteiger partial charge on any atom is -0.497 e. The number of methoxy groups -OCH3 is 1. The number of aliphatic hydroxyl groups is 1. The topological polar surface area (TPSA) is 76.0 Å². The lowest BCUT2D eigenvalue weighted by Crippen LogP contribution is -2.20. The van der Waals surface area contributed by atoms with Gasteiger partial charge in [-0.1, -0.05) is 45.0 Å². The Kier molecular flexibility index (Phi) is 7.93. The van der Waals surface area contributed by atoms with E-state index in [2.05, 4.69) is 6.58 Å². The van der Waals surface area contributed by atoms with Gasteiger partial charge in [-0.25, -0.2) is 4.39 Å². The van der Waals surface area contributed by atoms with E-state index in [-0.39, 0.29) is 12.5 Å². The highest BCUT2D eigenvalue weighted by Gasteiger charge is 2.32. The van der Waals surface area contributed by atoms with E-state index in [1.165, 1.54) is 13.2 Å². The summed E-state index contributed by atoms with van der Waals surface area (Å²) in [5.41, 5.74) is 3.80. The number of hydrogen-bond acceptors (Lipinski definition) is 4. The van der Waals surface area contributed by atoms with Crippen LogP contribution in [0.1, 0.15) is 61.5 Å². The van der Waals surface area contributed by atoms with Crippen LogP contribution in [0.2, 0.25) is 0 Å². The molecule has 0 amide bonds. The molecule has 0 radical (unpaired) electrons. The Morgan fingerprint density at radius 2 is 1.87 bits per heavy atom. The molecule has 38 heavy (non-hydrogen) atoms. The smallest absolute Gasteiger partial charge is 0.306 e. The average Bonchev–Trinajstić information content (AvgIpc) is 3.34. The molecule has 3 atom stereocenters. The molecular weight excluding hydrogens is 483 g/mol. The Morgan fingerprint density at radius 1 is 1.13 bits per heavy atom. The van der Waals surface area contributed by atoms with E-state index in [9.17, 15) is 19.4 Å². The van der Waals surface area contributed by atoms with Crippen LogP contribution in [-0.2, 0) is 17.8 Å². The van der Waals surface area contributed by atoms with Crippen molar-refractivity contribution in [3.05, 3.63) is 95.3 Å². The highest BCUT2D eigenvalue weighted by atomic mass is 19.1. The summed E-state index contributed by atoms with van der Waals surface area (Å²) in [4.78, 5) is 11.6. The van der Waals surface area contributed by atoms with Gasteiger partial charge in [0, 0.05) is 11.0 Å². The fourth-order valence-corrected chi connectivity index (χ4v) is 5.08. The SMILES string of the molecule is C=CC(C)(C)[C@H](O)c1cc(COc2ccc3c(c2)[C@@H]([C@H](C)C(=O)O)CC3)ccc1-c1cc(OC)ccc1F. The van der Waals surface area contributed by atoms with Crippen molar-refractivity contribution < 1.29 is 28.9 Å². The molecule has 0 heterocycles. The molecule has 0 unspecified atom stereocenters. The number of carboxylic acid groups (broad SMARTS) is 1. The van der Waals surface area contributed by atoms with Crippen LogP contribution in [0.5, 0.6) is 11.5 Å². The van der Waals surface area contributed by atoms with Crippen molar-refractivity contribution in [3.8, 4) is 22.6 Å². The molecule has 0 saturated carbocycles. The van der Waals surface area contributed by atoms with E-state index < -0.39 is 29.2 Å². The molecule has 0 saturated heterocycles. The highest BCUT2D eigenvalue weighted by molar-refractivity contribution is 5.72. The summed E-state index contributed by atoms with van der Waals surface area (Å²) in [6, 6.07) is 15.9. The predicted octanol–water partition coefficient (Wildman–Crippen LogP) is 7.08. The van der Waals surface area contributed by atoms with Gasteiger partial charge in [-0.3, -0.25) is 4.79 Å². The first-order valence-corrected chi connectivity index (χ1v) is 12.8. The van der Waals surface area contributed by atoms with Crippen LogP contribution in [0, 0.1) is 17.2 Å². The van der Waals surface area contributed by atoms with Gasteiger partial charge >= 0.3 is 5.97 Å². The second-order valence-corrected chi connectivity index (χ2v) is 10.6. The molecule has 200 valence electrons. The van der Waals surface area contributed by atoms with E-state index in [1.54, 1.807) is 31.2 Å². The first kappa shape index (κ1) is 27.4. The first-order chi connectivity index (χ1) is 18.1. The quantitative estimate of drug-likeness (QED) is 0.281. The highest BCUT2D eigenvalue weighted by Crippen LogP contribution is 2.42. The van der Waals surface area contributed by atoms with Crippen molar-refractivity contribution in [2.45, 2.75) is 52.2 Å². The number of fused-ring (bicyclic) bond motifs is 1. The number of carbonyl (C=O) groups is 1. The third kappa shape index (κ3) is 5.46. The second kappa shape index (κ2) is 11.0. The summed E-state index contributed by atoms with van der Waals surface area (Å²) in [5, 5.41) is 20.8. The van der Waals surface area contributed by atoms with E-state index in [0.29, 0.717) is 28.2 Å². The van der Waals surface area contributed by atoms with Crippen LogP contribution in [0.15, 0.2) is 67.3 Å². The van der Waals surface area contributed by atoms with Crippen LogP contribution in [0.4, 0.5) is 4.39 Å². The van der Waals surface area contributed by atoms with Gasteiger partial charge in [0.1, 0.15) is 23.9 Å². The van der Waals surface area contributed by atoms with Gasteiger partial charge in [-0.05, 0) is 83.0 Å². The first-order valence-electron chi connectivity index (χ1n) is 12.8. The van der Waals surface area contributed by atoms with Crippen LogP contribution >= 0.6 is 0 Å². The third-order valence-corrected chi connectivity index (χ3v) is 7.75. The lowest BCUT2D eigenvalue weighted by Gasteiger charge is -2.29. The van der Waals surface area contributed by atoms with Gasteiger partial charge in [0.2, 0.25) is 0 Å². The summed E-state index contributed by atoms with van der Waals surface area (Å²) in [7, 11) is 1.53. The maximum Gasteiger partial charge on any atom is 0.306 e. The lowest BCUT2D eigenvalue weighted by molar-refractivity contribution is -0.141. The number of aryl methyl sites for hydroxylation is 1. The number of rotatable bonds is 10. The Bertz CT molecular complexity index is 1350. The predicted molar refractivity (Wildman–Crippen MR) is 146 cm³/mol. The summed E-state index contributed by atoms with van der Waals surface area (Å²) in [5.74, 6) is -0.536. The van der Waals surface area contributed by atoms with Crippen molar-refractivity contribution in [2.24, 2.45) is 11.3 Å². The number of ether oxygens (including phenoxy) is 2. The summed E-state index contributed by atoms with van der Waals surface area (Å²) in [6.45, 7) is 9.59. The molecule has 6 heteroatoms. The fourth-order valence-electron chi connectivity index (χ4n) is 5.08. The Labute approximate surface area is 223 Å². The van der Waals surface area contributed by atoms with Crippen molar-refractivity contribution in [1.82, 2.24) is 0 Å². The van der Waals surface area contributed by atoms with Crippen molar-refractivity contribution in [1.29, 1.82) is 0 Å². The molecule has 1 aliphatic carbocycles. The van der Waals surface area contributed by atoms with E-state index in [0.717, 1.165) is 29.5 Å². The zero-order valence-electron chi connectivity index (χ0n) is 22.3. The summed E-state index contributed by atoms with van der Waals surface area (Å²) >= 11 is 0. The van der Waals surface area contributed by atoms with Crippen LogP contribution in [-0.4, -0.2) is 23.3 Å². The molecule has 0 spiro atoms. The molecule has 3 aromatic carbocycles. The standard InChI is InChI=1S/C32H35FO5/c1-6-32(3,4)30(34)28-15-20(7-12-25(28)27-16-22(37-5)11-14-29(27)33)18-38-23-10-8-21-9-13-24(26(21)17-23)19(2)31(35)36/h6-8,10-12,14-17,19,24,30,34H,1,9,13,18H2,2-5H3,(H,35,36)/t19-,24+,30+/m0/s1. The second-order valence-electron chi connectivity index (χ2n) is 10.6. The zero-order chi connectivity index (χ0) is 27.6. The molecule has 1 aliphatic rings. The molecule has 5 nitrogen and oxygen atoms in total. The number of benzene rings is 3. The van der Waals surface area contributed by atoms with E-state index >= 15 is 0 Å². The van der Waals surface area contributed by atoms with Gasteiger partial charge in [0.15, 0.2) is 0 Å². The maximum absolute atomic E-state index is 14.9. The molecule has 3 aromatic rings. The molecule has 0 aromatic heterocycles. The van der Waals surface area contributed by atoms with Crippen LogP contribution in [0.25, 0.3) is 11.1 Å². The van der Waals surface area contributed by atoms with Gasteiger partial charge < -0.3 is 19.7 Å². The summed E-state index contributed by atoms with van der Waals surface area (Å²) < 4.78 is 26.3. The maximum atomic E-state index is 14.9. The largest absolute Gasteiger partial charge is 0.497 e. The minimum absolute atomic E-state index is 0.0361. The van der Waals surface area contributed by atoms with Crippen LogP contribution < -0.4 is 9.47 Å². The van der Waals surface area contributed by atoms with Crippen molar-refractivity contribution in [2.75, 3.05) is 7.11 Å². The van der Waals surface area contributed by atoms with Crippen molar-refractivity contribution >= 4 is 5.97 Å². The zero-order valence-corrected chi connectivity index (χ0v) is 22.3. The Balaban J connectivity index is 1.65. The minimum atomic E-state index is -0.946. The lowest BCUT2D eigenvalue weighted by atomic mass is 9.79. The fraction of sp³-hybridized carbons (Fsp3) is 0.344. The molecule has 4 rings (SSSR count). The van der Waals surface area contributed by atoms with Gasteiger partial charge in [0.05, 0.1) is 19.1 Å². The monoisotopic (exact) mass is 518 g/mol. The summed E-state index contributed by atoms with van der Waals surface area (Å²) in [6.07, 6.45) is 2.42. The molecule has 0 aliphatic heterocycles. The van der Waals surface area contributed by atoms with Gasteiger partial charge in [-0.2, -0.15) is 0 Å². The van der Waals surface area contributed by atoms with E-state index in [1.807, 2.05) is 44.2 Å². The van der Waals surface area contributed by atoms with Gasteiger partial charge in [-0.15, -0.1) is 6.58 Å². The third-order valence-electron chi connectivity index (χ3n) is 7.75. The molecule has 0 bridgehead atoms. The number of carboxylic acids is 1. The average molecular weight is 519 g/mol. The van der Waals surface area contributed by atoms with Gasteiger partial charge in [0.25, 0.3) is 0 Å². The number of hydrogen-bond donors (Lipinski definition) is 2. The van der Waals surface area contributed by atoms with E-state index in [4.69, 9.17) is 9.47 Å².